The summed E-state index contributed by atoms with van der Waals surface area (Å²) in [6, 6.07) is 9.08. The predicted molar refractivity (Wildman–Crippen MR) is 82.2 cm³/mol. The van der Waals surface area contributed by atoms with E-state index >= 15 is 0 Å². The fraction of sp³-hybridized carbons (Fsp3) is 0.294. The van der Waals surface area contributed by atoms with Crippen LogP contribution in [0.25, 0.3) is 11.1 Å². The SMILES string of the molecule is CC1(C)Cc2cc(-c3ccn(CC(=O)O)c(=O)c3)ccc2O1. The van der Waals surface area contributed by atoms with Crippen LogP contribution >= 0.6 is 0 Å². The average Bonchev–Trinajstić information content (AvgIpc) is 2.73. The smallest absolute Gasteiger partial charge is 0.323 e. The fourth-order valence-corrected chi connectivity index (χ4v) is 2.75. The van der Waals surface area contributed by atoms with Gasteiger partial charge in [0, 0.05) is 18.7 Å². The van der Waals surface area contributed by atoms with Crippen molar-refractivity contribution in [2.24, 2.45) is 0 Å². The Morgan fingerprint density at radius 2 is 2.00 bits per heavy atom. The molecule has 2 heterocycles. The maximum atomic E-state index is 12.0. The molecular formula is C17H17NO4. The van der Waals surface area contributed by atoms with E-state index in [1.807, 2.05) is 32.0 Å². The fourth-order valence-electron chi connectivity index (χ4n) is 2.75. The minimum Gasteiger partial charge on any atom is -0.487 e. The molecule has 1 N–H and O–H groups in total. The van der Waals surface area contributed by atoms with E-state index in [1.54, 1.807) is 6.07 Å². The number of pyridine rings is 1. The number of aliphatic carboxylic acids is 1. The standard InChI is InChI=1S/C17H17NO4/c1-17(2)9-13-7-11(3-4-14(13)22-17)12-5-6-18(10-16(20)21)15(19)8-12/h3-8H,9-10H2,1-2H3,(H,20,21). The predicted octanol–water partition coefficient (Wildman–Crippen LogP) is 2.31. The van der Waals surface area contributed by atoms with E-state index in [1.165, 1.54) is 16.8 Å². The average molecular weight is 299 g/mol. The number of benzene rings is 1. The molecule has 0 unspecified atom stereocenters. The van der Waals surface area contributed by atoms with E-state index in [9.17, 15) is 9.59 Å². The summed E-state index contributed by atoms with van der Waals surface area (Å²) in [4.78, 5) is 22.7. The number of carbonyl (C=O) groups is 1. The first-order valence-corrected chi connectivity index (χ1v) is 7.09. The first-order chi connectivity index (χ1) is 10.3. The van der Waals surface area contributed by atoms with Crippen LogP contribution in [0.3, 0.4) is 0 Å². The Kier molecular flexibility index (Phi) is 3.28. The highest BCUT2D eigenvalue weighted by Gasteiger charge is 2.29. The molecule has 0 saturated carbocycles. The van der Waals surface area contributed by atoms with Crippen LogP contribution in [-0.4, -0.2) is 21.2 Å². The summed E-state index contributed by atoms with van der Waals surface area (Å²) >= 11 is 0. The highest BCUT2D eigenvalue weighted by Crippen LogP contribution is 2.37. The Bertz CT molecular complexity index is 805. The van der Waals surface area contributed by atoms with Crippen LogP contribution in [0.5, 0.6) is 5.75 Å². The van der Waals surface area contributed by atoms with Gasteiger partial charge in [0.1, 0.15) is 17.9 Å². The molecule has 2 aromatic rings. The summed E-state index contributed by atoms with van der Waals surface area (Å²) < 4.78 is 7.01. The van der Waals surface area contributed by atoms with E-state index in [2.05, 4.69) is 0 Å². The molecule has 3 rings (SSSR count). The summed E-state index contributed by atoms with van der Waals surface area (Å²) in [5.74, 6) is -0.153. The van der Waals surface area contributed by atoms with Crippen molar-refractivity contribution in [2.45, 2.75) is 32.4 Å². The van der Waals surface area contributed by atoms with Gasteiger partial charge in [-0.3, -0.25) is 9.59 Å². The first-order valence-electron chi connectivity index (χ1n) is 7.09. The van der Waals surface area contributed by atoms with Crippen molar-refractivity contribution >= 4 is 5.97 Å². The molecule has 0 spiro atoms. The maximum absolute atomic E-state index is 12.0. The lowest BCUT2D eigenvalue weighted by molar-refractivity contribution is -0.137. The van der Waals surface area contributed by atoms with Gasteiger partial charge in [-0.1, -0.05) is 6.07 Å². The Morgan fingerprint density at radius 1 is 1.27 bits per heavy atom. The van der Waals surface area contributed by atoms with Crippen LogP contribution in [0.1, 0.15) is 19.4 Å². The molecule has 22 heavy (non-hydrogen) atoms. The van der Waals surface area contributed by atoms with Crippen molar-refractivity contribution in [3.63, 3.8) is 0 Å². The van der Waals surface area contributed by atoms with Gasteiger partial charge in [0.05, 0.1) is 0 Å². The van der Waals surface area contributed by atoms with Crippen LogP contribution in [0.15, 0.2) is 41.3 Å². The van der Waals surface area contributed by atoms with E-state index in [4.69, 9.17) is 9.84 Å². The van der Waals surface area contributed by atoms with Crippen LogP contribution < -0.4 is 10.3 Å². The lowest BCUT2D eigenvalue weighted by atomic mass is 9.98. The minimum atomic E-state index is -1.04. The Labute approximate surface area is 127 Å². The molecule has 5 nitrogen and oxygen atoms in total. The molecule has 1 aliphatic heterocycles. The summed E-state index contributed by atoms with van der Waals surface area (Å²) in [6.45, 7) is 3.75. The number of ether oxygens (including phenoxy) is 1. The van der Waals surface area contributed by atoms with E-state index in [0.717, 1.165) is 28.9 Å². The van der Waals surface area contributed by atoms with Gasteiger partial charge >= 0.3 is 5.97 Å². The molecule has 0 aliphatic carbocycles. The van der Waals surface area contributed by atoms with Crippen molar-refractivity contribution in [2.75, 3.05) is 0 Å². The monoisotopic (exact) mass is 299 g/mol. The number of hydrogen-bond donors (Lipinski definition) is 1. The van der Waals surface area contributed by atoms with Gasteiger partial charge in [-0.25, -0.2) is 0 Å². The second-order valence-electron chi connectivity index (χ2n) is 6.14. The molecule has 0 atom stereocenters. The molecule has 1 aliphatic rings. The van der Waals surface area contributed by atoms with Crippen LogP contribution in [-0.2, 0) is 17.8 Å². The first kappa shape index (κ1) is 14.4. The van der Waals surface area contributed by atoms with Gasteiger partial charge in [0.25, 0.3) is 5.56 Å². The van der Waals surface area contributed by atoms with Gasteiger partial charge in [-0.2, -0.15) is 0 Å². The van der Waals surface area contributed by atoms with Crippen molar-refractivity contribution in [1.82, 2.24) is 4.57 Å². The highest BCUT2D eigenvalue weighted by atomic mass is 16.5. The summed E-state index contributed by atoms with van der Waals surface area (Å²) in [7, 11) is 0. The van der Waals surface area contributed by atoms with E-state index in [-0.39, 0.29) is 17.7 Å². The molecule has 0 bridgehead atoms. The molecule has 5 heteroatoms. The van der Waals surface area contributed by atoms with E-state index in [0.29, 0.717) is 0 Å². The summed E-state index contributed by atoms with van der Waals surface area (Å²) in [6.07, 6.45) is 2.34. The molecule has 114 valence electrons. The summed E-state index contributed by atoms with van der Waals surface area (Å²) in [5.41, 5.74) is 2.30. The lowest BCUT2D eigenvalue weighted by Gasteiger charge is -2.16. The number of nitrogens with zero attached hydrogens (tertiary/aromatic N) is 1. The molecule has 0 fully saturated rings. The normalized spacial score (nSPS) is 15.2. The second-order valence-corrected chi connectivity index (χ2v) is 6.14. The third kappa shape index (κ3) is 2.74. The topological polar surface area (TPSA) is 68.5 Å². The van der Waals surface area contributed by atoms with Gasteiger partial charge < -0.3 is 14.4 Å². The number of carboxylic acid groups (broad SMARTS) is 1. The van der Waals surface area contributed by atoms with Crippen molar-refractivity contribution in [3.05, 3.63) is 52.4 Å². The van der Waals surface area contributed by atoms with Gasteiger partial charge in [-0.05, 0) is 48.7 Å². The number of carboxylic acids is 1. The van der Waals surface area contributed by atoms with Gasteiger partial charge in [0.2, 0.25) is 0 Å². The van der Waals surface area contributed by atoms with Crippen molar-refractivity contribution < 1.29 is 14.6 Å². The molecule has 1 aromatic carbocycles. The number of rotatable bonds is 3. The zero-order valence-corrected chi connectivity index (χ0v) is 12.5. The molecule has 0 amide bonds. The van der Waals surface area contributed by atoms with Gasteiger partial charge in [-0.15, -0.1) is 0 Å². The minimum absolute atomic E-state index is 0.203. The summed E-state index contributed by atoms with van der Waals surface area (Å²) in [5, 5.41) is 8.76. The maximum Gasteiger partial charge on any atom is 0.323 e. The Balaban J connectivity index is 1.95. The Hall–Kier alpha value is -2.56. The van der Waals surface area contributed by atoms with Crippen LogP contribution in [0.4, 0.5) is 0 Å². The van der Waals surface area contributed by atoms with Gasteiger partial charge in [0.15, 0.2) is 0 Å². The second kappa shape index (κ2) is 5.02. The highest BCUT2D eigenvalue weighted by molar-refractivity contribution is 5.68. The number of hydrogen-bond acceptors (Lipinski definition) is 3. The molecular weight excluding hydrogens is 282 g/mol. The largest absolute Gasteiger partial charge is 0.487 e. The quantitative estimate of drug-likeness (QED) is 0.944. The molecule has 0 radical (unpaired) electrons. The van der Waals surface area contributed by atoms with Crippen LogP contribution in [0.2, 0.25) is 0 Å². The van der Waals surface area contributed by atoms with Crippen molar-refractivity contribution in [1.29, 1.82) is 0 Å². The third-order valence-electron chi connectivity index (χ3n) is 3.70. The number of aromatic nitrogens is 1. The molecule has 1 aromatic heterocycles. The number of fused-ring (bicyclic) bond motifs is 1. The lowest BCUT2D eigenvalue weighted by Crippen LogP contribution is -2.24. The van der Waals surface area contributed by atoms with E-state index < -0.39 is 5.97 Å². The zero-order valence-electron chi connectivity index (χ0n) is 12.5. The third-order valence-corrected chi connectivity index (χ3v) is 3.70. The van der Waals surface area contributed by atoms with Crippen LogP contribution in [0, 0.1) is 0 Å². The Morgan fingerprint density at radius 3 is 2.68 bits per heavy atom. The molecule has 0 saturated heterocycles. The zero-order chi connectivity index (χ0) is 15.9. The van der Waals surface area contributed by atoms with Crippen molar-refractivity contribution in [3.8, 4) is 16.9 Å².